The number of rotatable bonds is 6. The lowest BCUT2D eigenvalue weighted by atomic mass is 10.2. The van der Waals surface area contributed by atoms with Gasteiger partial charge in [-0.1, -0.05) is 12.1 Å². The van der Waals surface area contributed by atoms with Crippen LogP contribution in [0.4, 0.5) is 5.69 Å². The average molecular weight is 341 g/mol. The summed E-state index contributed by atoms with van der Waals surface area (Å²) >= 11 is 0. The Hall–Kier alpha value is -1.31. The van der Waals surface area contributed by atoms with Crippen molar-refractivity contribution in [1.29, 1.82) is 0 Å². The minimum absolute atomic E-state index is 0.217. The summed E-state index contributed by atoms with van der Waals surface area (Å²) < 4.78 is 30.4. The van der Waals surface area contributed by atoms with Crippen LogP contribution in [0.1, 0.15) is 6.92 Å². The molecule has 2 rings (SSSR count). The quantitative estimate of drug-likeness (QED) is 0.775. The van der Waals surface area contributed by atoms with Crippen LogP contribution in [-0.4, -0.2) is 76.8 Å². The van der Waals surface area contributed by atoms with E-state index in [-0.39, 0.29) is 6.04 Å². The van der Waals surface area contributed by atoms with E-state index in [2.05, 4.69) is 22.9 Å². The van der Waals surface area contributed by atoms with Crippen LogP contribution >= 0.6 is 0 Å². The number of benzene rings is 1. The molecule has 6 nitrogen and oxygen atoms in total. The van der Waals surface area contributed by atoms with Crippen LogP contribution < -0.4 is 9.64 Å². The molecule has 0 aliphatic carbocycles. The summed E-state index contributed by atoms with van der Waals surface area (Å²) in [6.07, 6.45) is 1.21. The van der Waals surface area contributed by atoms with E-state index in [1.807, 2.05) is 25.1 Å². The Bertz CT molecular complexity index is 613. The Kier molecular flexibility index (Phi) is 5.89. The summed E-state index contributed by atoms with van der Waals surface area (Å²) in [5.74, 6) is 0.811. The largest absolute Gasteiger partial charge is 0.490 e. The molecule has 1 saturated heterocycles. The average Bonchev–Trinajstić information content (AvgIpc) is 2.52. The number of nitrogens with zero attached hydrogens (tertiary/aromatic N) is 3. The van der Waals surface area contributed by atoms with Crippen molar-refractivity contribution in [2.75, 3.05) is 58.0 Å². The van der Waals surface area contributed by atoms with Gasteiger partial charge in [0.25, 0.3) is 0 Å². The van der Waals surface area contributed by atoms with Crippen LogP contribution in [0, 0.1) is 0 Å². The predicted octanol–water partition coefficient (Wildman–Crippen LogP) is 1.10. The number of hydrogen-bond acceptors (Lipinski definition) is 5. The lowest BCUT2D eigenvalue weighted by Gasteiger charge is -2.35. The second kappa shape index (κ2) is 7.51. The molecule has 1 aliphatic rings. The number of sulfonamides is 1. The third-order valence-corrected chi connectivity index (χ3v) is 5.74. The third kappa shape index (κ3) is 4.83. The number of ether oxygens (including phenoxy) is 1. The Morgan fingerprint density at radius 1 is 1.22 bits per heavy atom. The van der Waals surface area contributed by atoms with Crippen molar-refractivity contribution in [2.45, 2.75) is 13.0 Å². The monoisotopic (exact) mass is 341 g/mol. The second-order valence-electron chi connectivity index (χ2n) is 6.20. The Morgan fingerprint density at radius 3 is 2.43 bits per heavy atom. The fourth-order valence-electron chi connectivity index (χ4n) is 2.53. The number of anilines is 1. The van der Waals surface area contributed by atoms with Crippen molar-refractivity contribution in [2.24, 2.45) is 0 Å². The fourth-order valence-corrected chi connectivity index (χ4v) is 3.24. The van der Waals surface area contributed by atoms with Gasteiger partial charge in [0.05, 0.1) is 18.0 Å². The predicted molar refractivity (Wildman–Crippen MR) is 93.7 cm³/mol. The standard InChI is InChI=1S/C16H27N3O3S/c1-14(18(3)23(4,20)21)13-22-16-8-6-5-7-15(16)19-11-9-17(2)10-12-19/h5-8,14H,9-13H2,1-4H3/t14-/m1/s1. The van der Waals surface area contributed by atoms with Gasteiger partial charge in [-0.15, -0.1) is 0 Å². The molecule has 0 spiro atoms. The van der Waals surface area contributed by atoms with Crippen molar-refractivity contribution in [3.8, 4) is 5.75 Å². The molecule has 1 aromatic rings. The summed E-state index contributed by atoms with van der Waals surface area (Å²) in [6, 6.07) is 7.74. The van der Waals surface area contributed by atoms with E-state index in [9.17, 15) is 8.42 Å². The SMILES string of the molecule is C[C@H](COc1ccccc1N1CCN(C)CC1)N(C)S(C)(=O)=O. The van der Waals surface area contributed by atoms with E-state index in [4.69, 9.17) is 4.74 Å². The molecule has 1 atom stereocenters. The summed E-state index contributed by atoms with van der Waals surface area (Å²) in [4.78, 5) is 4.63. The Morgan fingerprint density at radius 2 is 1.83 bits per heavy atom. The highest BCUT2D eigenvalue weighted by Gasteiger charge is 2.21. The van der Waals surface area contributed by atoms with Crippen molar-refractivity contribution in [3.05, 3.63) is 24.3 Å². The number of hydrogen-bond donors (Lipinski definition) is 0. The topological polar surface area (TPSA) is 53.1 Å². The first-order valence-electron chi connectivity index (χ1n) is 7.87. The first-order chi connectivity index (χ1) is 10.8. The minimum atomic E-state index is -3.21. The summed E-state index contributed by atoms with van der Waals surface area (Å²) in [5.41, 5.74) is 1.08. The van der Waals surface area contributed by atoms with Crippen LogP contribution in [0.2, 0.25) is 0 Å². The van der Waals surface area contributed by atoms with Gasteiger partial charge in [-0.2, -0.15) is 4.31 Å². The molecule has 1 aliphatic heterocycles. The molecular formula is C16H27N3O3S. The molecule has 0 saturated carbocycles. The van der Waals surface area contributed by atoms with E-state index in [0.717, 1.165) is 37.6 Å². The van der Waals surface area contributed by atoms with Gasteiger partial charge in [-0.3, -0.25) is 0 Å². The van der Waals surface area contributed by atoms with E-state index < -0.39 is 10.0 Å². The van der Waals surface area contributed by atoms with Crippen LogP contribution in [0.5, 0.6) is 5.75 Å². The highest BCUT2D eigenvalue weighted by Crippen LogP contribution is 2.29. The van der Waals surface area contributed by atoms with E-state index >= 15 is 0 Å². The van der Waals surface area contributed by atoms with Gasteiger partial charge in [0.15, 0.2) is 0 Å². The van der Waals surface area contributed by atoms with Gasteiger partial charge < -0.3 is 14.5 Å². The maximum atomic E-state index is 11.6. The molecule has 0 aromatic heterocycles. The van der Waals surface area contributed by atoms with Crippen LogP contribution in [-0.2, 0) is 10.0 Å². The summed E-state index contributed by atoms with van der Waals surface area (Å²) in [5, 5.41) is 0. The second-order valence-corrected chi connectivity index (χ2v) is 8.24. The summed E-state index contributed by atoms with van der Waals surface area (Å²) in [6.45, 7) is 6.17. The van der Waals surface area contributed by atoms with Gasteiger partial charge in [-0.05, 0) is 26.1 Å². The smallest absolute Gasteiger partial charge is 0.211 e. The van der Waals surface area contributed by atoms with Gasteiger partial charge in [0.1, 0.15) is 12.4 Å². The molecule has 0 unspecified atom stereocenters. The number of likely N-dealkylation sites (N-methyl/N-ethyl adjacent to an activating group) is 2. The maximum absolute atomic E-state index is 11.6. The first kappa shape index (κ1) is 18.0. The molecular weight excluding hydrogens is 314 g/mol. The molecule has 0 bridgehead atoms. The third-order valence-electron chi connectivity index (χ3n) is 4.33. The zero-order chi connectivity index (χ0) is 17.0. The van der Waals surface area contributed by atoms with E-state index in [0.29, 0.717) is 6.61 Å². The van der Waals surface area contributed by atoms with Gasteiger partial charge in [0.2, 0.25) is 10.0 Å². The fraction of sp³-hybridized carbons (Fsp3) is 0.625. The number of piperazine rings is 1. The van der Waals surface area contributed by atoms with Crippen LogP contribution in [0.3, 0.4) is 0 Å². The molecule has 0 amide bonds. The molecule has 130 valence electrons. The van der Waals surface area contributed by atoms with Gasteiger partial charge >= 0.3 is 0 Å². The highest BCUT2D eigenvalue weighted by molar-refractivity contribution is 7.88. The van der Waals surface area contributed by atoms with Crippen molar-refractivity contribution in [1.82, 2.24) is 9.21 Å². The lowest BCUT2D eigenvalue weighted by Crippen LogP contribution is -2.44. The van der Waals surface area contributed by atoms with Gasteiger partial charge in [-0.25, -0.2) is 8.42 Å². The molecule has 1 aromatic carbocycles. The first-order valence-corrected chi connectivity index (χ1v) is 9.72. The molecule has 0 radical (unpaired) electrons. The summed E-state index contributed by atoms with van der Waals surface area (Å²) in [7, 11) is 0.501. The van der Waals surface area contributed by atoms with Crippen LogP contribution in [0.15, 0.2) is 24.3 Å². The Balaban J connectivity index is 2.03. The van der Waals surface area contributed by atoms with Crippen LogP contribution in [0.25, 0.3) is 0 Å². The molecule has 1 heterocycles. The lowest BCUT2D eigenvalue weighted by molar-refractivity contribution is 0.233. The minimum Gasteiger partial charge on any atom is -0.490 e. The van der Waals surface area contributed by atoms with Gasteiger partial charge in [0, 0.05) is 33.2 Å². The zero-order valence-electron chi connectivity index (χ0n) is 14.4. The van der Waals surface area contributed by atoms with Crippen molar-refractivity contribution in [3.63, 3.8) is 0 Å². The van der Waals surface area contributed by atoms with Crippen molar-refractivity contribution >= 4 is 15.7 Å². The molecule has 1 fully saturated rings. The molecule has 0 N–H and O–H groups in total. The molecule has 7 heteroatoms. The zero-order valence-corrected chi connectivity index (χ0v) is 15.2. The highest BCUT2D eigenvalue weighted by atomic mass is 32.2. The van der Waals surface area contributed by atoms with Crippen molar-refractivity contribution < 1.29 is 13.2 Å². The number of para-hydroxylation sites is 2. The maximum Gasteiger partial charge on any atom is 0.211 e. The Labute approximate surface area is 139 Å². The molecule has 23 heavy (non-hydrogen) atoms. The normalized spacial score (nSPS) is 18.2. The van der Waals surface area contributed by atoms with E-state index in [1.165, 1.54) is 10.6 Å². The van der Waals surface area contributed by atoms with E-state index in [1.54, 1.807) is 7.05 Å².